The summed E-state index contributed by atoms with van der Waals surface area (Å²) in [6, 6.07) is 3.78. The van der Waals surface area contributed by atoms with Gasteiger partial charge in [-0.1, -0.05) is 0 Å². The molecule has 1 amide bonds. The average molecular weight is 306 g/mol. The Bertz CT molecular complexity index is 516. The molecule has 1 spiro atoms. The lowest BCUT2D eigenvalue weighted by Gasteiger charge is -2.46. The second-order valence-corrected chi connectivity index (χ2v) is 6.70. The van der Waals surface area contributed by atoms with Gasteiger partial charge in [-0.2, -0.15) is 0 Å². The zero-order chi connectivity index (χ0) is 15.6. The molecule has 3 rings (SSSR count). The minimum absolute atomic E-state index is 0.0664. The number of piperidine rings is 1. The first-order valence-corrected chi connectivity index (χ1v) is 8.29. The van der Waals surface area contributed by atoms with Crippen molar-refractivity contribution in [1.82, 2.24) is 9.47 Å². The number of amides is 1. The Morgan fingerprint density at radius 1 is 1.45 bits per heavy atom. The van der Waals surface area contributed by atoms with Crippen LogP contribution in [0.3, 0.4) is 0 Å². The SMILES string of the molecule is Cn1cccc1C(=O)N1CCC2(CC1)CC(CCO)CCO2. The summed E-state index contributed by atoms with van der Waals surface area (Å²) >= 11 is 0. The van der Waals surface area contributed by atoms with Crippen LogP contribution in [0.15, 0.2) is 18.3 Å². The zero-order valence-corrected chi connectivity index (χ0v) is 13.3. The van der Waals surface area contributed by atoms with Crippen molar-refractivity contribution in [1.29, 1.82) is 0 Å². The number of hydrogen-bond donors (Lipinski definition) is 1. The number of aromatic nitrogens is 1. The van der Waals surface area contributed by atoms with E-state index >= 15 is 0 Å². The van der Waals surface area contributed by atoms with Crippen molar-refractivity contribution in [2.45, 2.75) is 37.7 Å². The molecule has 3 heterocycles. The van der Waals surface area contributed by atoms with Crippen LogP contribution in [0.25, 0.3) is 0 Å². The Hall–Kier alpha value is -1.33. The van der Waals surface area contributed by atoms with Crippen molar-refractivity contribution < 1.29 is 14.6 Å². The van der Waals surface area contributed by atoms with E-state index in [1.54, 1.807) is 0 Å². The van der Waals surface area contributed by atoms with Crippen molar-refractivity contribution in [3.8, 4) is 0 Å². The highest BCUT2D eigenvalue weighted by molar-refractivity contribution is 5.92. The smallest absolute Gasteiger partial charge is 0.270 e. The summed E-state index contributed by atoms with van der Waals surface area (Å²) in [5.74, 6) is 0.680. The third kappa shape index (κ3) is 3.06. The van der Waals surface area contributed by atoms with E-state index in [9.17, 15) is 4.79 Å². The topological polar surface area (TPSA) is 54.7 Å². The summed E-state index contributed by atoms with van der Waals surface area (Å²) < 4.78 is 7.98. The number of ether oxygens (including phenoxy) is 1. The highest BCUT2D eigenvalue weighted by atomic mass is 16.5. The number of aryl methyl sites for hydroxylation is 1. The first-order valence-electron chi connectivity index (χ1n) is 8.29. The van der Waals surface area contributed by atoms with Crippen LogP contribution in [0, 0.1) is 5.92 Å². The molecular formula is C17H26N2O3. The molecule has 2 saturated heterocycles. The van der Waals surface area contributed by atoms with Crippen LogP contribution >= 0.6 is 0 Å². The Balaban J connectivity index is 1.60. The molecule has 2 fully saturated rings. The summed E-state index contributed by atoms with van der Waals surface area (Å²) in [6.07, 6.45) is 6.67. The van der Waals surface area contributed by atoms with E-state index in [-0.39, 0.29) is 18.1 Å². The molecule has 0 bridgehead atoms. The van der Waals surface area contributed by atoms with E-state index in [1.165, 1.54) is 0 Å². The fourth-order valence-corrected chi connectivity index (χ4v) is 3.87. The van der Waals surface area contributed by atoms with Crippen LogP contribution in [0.4, 0.5) is 0 Å². The maximum atomic E-state index is 12.6. The highest BCUT2D eigenvalue weighted by Crippen LogP contribution is 2.38. The van der Waals surface area contributed by atoms with Crippen molar-refractivity contribution >= 4 is 5.91 Å². The molecule has 0 saturated carbocycles. The normalized spacial score (nSPS) is 24.6. The maximum Gasteiger partial charge on any atom is 0.270 e. The molecule has 1 aromatic rings. The highest BCUT2D eigenvalue weighted by Gasteiger charge is 2.41. The predicted octanol–water partition coefficient (Wildman–Crippen LogP) is 1.81. The van der Waals surface area contributed by atoms with Crippen LogP contribution in [0.2, 0.25) is 0 Å². The first kappa shape index (κ1) is 15.6. The largest absolute Gasteiger partial charge is 0.396 e. The van der Waals surface area contributed by atoms with Gasteiger partial charge in [0, 0.05) is 39.5 Å². The fraction of sp³-hybridized carbons (Fsp3) is 0.706. The van der Waals surface area contributed by atoms with E-state index in [2.05, 4.69) is 0 Å². The van der Waals surface area contributed by atoms with Crippen molar-refractivity contribution in [2.24, 2.45) is 13.0 Å². The number of carbonyl (C=O) groups excluding carboxylic acids is 1. The Morgan fingerprint density at radius 2 is 2.23 bits per heavy atom. The molecule has 0 aromatic carbocycles. The molecule has 5 heteroatoms. The Kier molecular flexibility index (Phi) is 4.54. The fourth-order valence-electron chi connectivity index (χ4n) is 3.87. The van der Waals surface area contributed by atoms with Crippen molar-refractivity contribution in [2.75, 3.05) is 26.3 Å². The van der Waals surface area contributed by atoms with Crippen LogP contribution in [-0.2, 0) is 11.8 Å². The minimum Gasteiger partial charge on any atom is -0.396 e. The third-order valence-corrected chi connectivity index (χ3v) is 5.26. The van der Waals surface area contributed by atoms with Gasteiger partial charge in [0.1, 0.15) is 5.69 Å². The molecule has 22 heavy (non-hydrogen) atoms. The van der Waals surface area contributed by atoms with E-state index in [1.807, 2.05) is 34.8 Å². The molecule has 1 aromatic heterocycles. The summed E-state index contributed by atoms with van der Waals surface area (Å²) in [4.78, 5) is 14.5. The van der Waals surface area contributed by atoms with Crippen LogP contribution in [0.1, 0.15) is 42.6 Å². The Labute approximate surface area is 131 Å². The van der Waals surface area contributed by atoms with Crippen LogP contribution in [-0.4, -0.2) is 52.4 Å². The number of nitrogens with zero attached hydrogens (tertiary/aromatic N) is 2. The van der Waals surface area contributed by atoms with Gasteiger partial charge in [-0.3, -0.25) is 4.79 Å². The number of rotatable bonds is 3. The van der Waals surface area contributed by atoms with Gasteiger partial charge in [0.2, 0.25) is 0 Å². The van der Waals surface area contributed by atoms with E-state index in [0.717, 1.165) is 57.5 Å². The van der Waals surface area contributed by atoms with Crippen LogP contribution in [0.5, 0.6) is 0 Å². The predicted molar refractivity (Wildman–Crippen MR) is 83.7 cm³/mol. The molecule has 2 aliphatic heterocycles. The molecule has 1 unspecified atom stereocenters. The molecule has 122 valence electrons. The van der Waals surface area contributed by atoms with Gasteiger partial charge in [0.15, 0.2) is 0 Å². The molecule has 0 radical (unpaired) electrons. The monoisotopic (exact) mass is 306 g/mol. The molecule has 5 nitrogen and oxygen atoms in total. The lowest BCUT2D eigenvalue weighted by atomic mass is 9.78. The number of aliphatic hydroxyl groups excluding tert-OH is 1. The Morgan fingerprint density at radius 3 is 2.86 bits per heavy atom. The van der Waals surface area contributed by atoms with Gasteiger partial charge >= 0.3 is 0 Å². The van der Waals surface area contributed by atoms with E-state index in [0.29, 0.717) is 5.92 Å². The van der Waals surface area contributed by atoms with Crippen molar-refractivity contribution in [3.63, 3.8) is 0 Å². The van der Waals surface area contributed by atoms with Gasteiger partial charge in [-0.05, 0) is 50.2 Å². The lowest BCUT2D eigenvalue weighted by Crippen LogP contribution is -2.51. The molecule has 2 aliphatic rings. The molecular weight excluding hydrogens is 280 g/mol. The standard InChI is InChI=1S/C17H26N2O3/c1-18-8-2-3-15(18)16(21)19-9-6-17(7-10-19)13-14(4-11-20)5-12-22-17/h2-3,8,14,20H,4-7,9-13H2,1H3. The lowest BCUT2D eigenvalue weighted by molar-refractivity contribution is -0.125. The third-order valence-electron chi connectivity index (χ3n) is 5.26. The van der Waals surface area contributed by atoms with Gasteiger partial charge in [-0.25, -0.2) is 0 Å². The summed E-state index contributed by atoms with van der Waals surface area (Å²) in [6.45, 7) is 2.57. The van der Waals surface area contributed by atoms with Gasteiger partial charge in [-0.15, -0.1) is 0 Å². The van der Waals surface area contributed by atoms with Gasteiger partial charge in [0.05, 0.1) is 5.60 Å². The molecule has 1 atom stereocenters. The minimum atomic E-state index is -0.0664. The second-order valence-electron chi connectivity index (χ2n) is 6.70. The number of likely N-dealkylation sites (tertiary alicyclic amines) is 1. The summed E-state index contributed by atoms with van der Waals surface area (Å²) in [5, 5.41) is 9.16. The van der Waals surface area contributed by atoms with Crippen molar-refractivity contribution in [3.05, 3.63) is 24.0 Å². The zero-order valence-electron chi connectivity index (χ0n) is 13.3. The van der Waals surface area contributed by atoms with E-state index in [4.69, 9.17) is 9.84 Å². The number of aliphatic hydroxyl groups is 1. The average Bonchev–Trinajstić information content (AvgIpc) is 2.94. The summed E-state index contributed by atoms with van der Waals surface area (Å²) in [5.41, 5.74) is 0.682. The molecule has 1 N–H and O–H groups in total. The number of hydrogen-bond acceptors (Lipinski definition) is 3. The van der Waals surface area contributed by atoms with E-state index < -0.39 is 0 Å². The summed E-state index contributed by atoms with van der Waals surface area (Å²) in [7, 11) is 1.91. The number of carbonyl (C=O) groups is 1. The first-order chi connectivity index (χ1) is 10.6. The van der Waals surface area contributed by atoms with Gasteiger partial charge in [0.25, 0.3) is 5.91 Å². The second kappa shape index (κ2) is 6.42. The van der Waals surface area contributed by atoms with Crippen LogP contribution < -0.4 is 0 Å². The molecule has 0 aliphatic carbocycles. The quantitative estimate of drug-likeness (QED) is 0.926. The van der Waals surface area contributed by atoms with Gasteiger partial charge < -0.3 is 19.3 Å². The maximum absolute atomic E-state index is 12.6.